The van der Waals surface area contributed by atoms with E-state index >= 15 is 19.2 Å². The third-order valence-electron chi connectivity index (χ3n) is 18.8. The number of benzene rings is 3. The lowest BCUT2D eigenvalue weighted by Crippen LogP contribution is -2.61. The molecule has 9 atom stereocenters. The number of phenols is 1. The van der Waals surface area contributed by atoms with Crippen molar-refractivity contribution in [1.82, 2.24) is 63.1 Å². The van der Waals surface area contributed by atoms with Crippen LogP contribution >= 0.6 is 44.8 Å². The number of aliphatic carboxylic acids is 2. The number of rotatable bonds is 26. The molecule has 4 aromatic rings. The van der Waals surface area contributed by atoms with E-state index in [0.29, 0.717) is 49.6 Å². The Morgan fingerprint density at radius 3 is 1.89 bits per heavy atom. The molecule has 1 saturated heterocycles. The van der Waals surface area contributed by atoms with Crippen molar-refractivity contribution in [2.45, 2.75) is 182 Å². The number of carboxylic acids is 2. The first-order valence-corrected chi connectivity index (χ1v) is 39.2. The van der Waals surface area contributed by atoms with Crippen molar-refractivity contribution in [1.29, 1.82) is 0 Å². The van der Waals surface area contributed by atoms with Crippen LogP contribution in [0.15, 0.2) is 71.9 Å². The molecular weight excluding hydrogens is 1520 g/mol. The van der Waals surface area contributed by atoms with Gasteiger partial charge in [-0.15, -0.1) is 0 Å². The average molecular weight is 1610 g/mol. The zero-order chi connectivity index (χ0) is 80.1. The van der Waals surface area contributed by atoms with Crippen molar-refractivity contribution >= 4 is 144 Å². The number of carboxylic acid groups (broad SMARTS) is 2. The first-order valence-electron chi connectivity index (χ1n) is 35.9. The summed E-state index contributed by atoms with van der Waals surface area (Å²) in [6.07, 6.45) is 1.48. The number of nitrogens with two attached hydrogens (primary N) is 4. The maximum absolute atomic E-state index is 15.4. The van der Waals surface area contributed by atoms with Crippen molar-refractivity contribution < 1.29 is 86.8 Å². The molecule has 34 nitrogen and oxygen atoms in total. The van der Waals surface area contributed by atoms with Gasteiger partial charge in [-0.2, -0.15) is 0 Å². The van der Waals surface area contributed by atoms with Gasteiger partial charge in [-0.05, 0) is 110 Å². The van der Waals surface area contributed by atoms with Crippen LogP contribution < -0.4 is 76.1 Å². The number of aliphatic imine (C=N–C) groups is 1. The van der Waals surface area contributed by atoms with Gasteiger partial charge >= 0.3 is 11.9 Å². The Kier molecular flexibility index (Phi) is 34.4. The van der Waals surface area contributed by atoms with Crippen LogP contribution in [0.4, 0.5) is 4.39 Å². The van der Waals surface area contributed by atoms with Crippen LogP contribution in [0.2, 0.25) is 10.0 Å². The molecule has 7 rings (SSSR count). The van der Waals surface area contributed by atoms with E-state index in [2.05, 4.69) is 63.1 Å². The number of carbonyl (C=O) groups is 14. The Balaban J connectivity index is 1.29. The lowest BCUT2D eigenvalue weighted by molar-refractivity contribution is -0.139. The summed E-state index contributed by atoms with van der Waals surface area (Å²) in [5, 5.41) is 56.2. The van der Waals surface area contributed by atoms with E-state index in [-0.39, 0.29) is 95.4 Å². The van der Waals surface area contributed by atoms with Gasteiger partial charge in [0.15, 0.2) is 5.96 Å². The second kappa shape index (κ2) is 43.4. The van der Waals surface area contributed by atoms with Gasteiger partial charge in [-0.1, -0.05) is 94.7 Å². The fourth-order valence-electron chi connectivity index (χ4n) is 13.0. The molecule has 3 aromatic carbocycles. The topological polar surface area (TPSA) is 555 Å². The van der Waals surface area contributed by atoms with Crippen molar-refractivity contribution in [2.24, 2.45) is 33.8 Å². The third-order valence-corrected chi connectivity index (χ3v) is 22.0. The highest BCUT2D eigenvalue weighted by Gasteiger charge is 2.40. The molecule has 12 amide bonds. The molecule has 0 spiro atoms. The number of hydrogen-bond donors (Lipinski definition) is 18. The van der Waals surface area contributed by atoms with Crippen molar-refractivity contribution in [2.75, 3.05) is 37.7 Å². The van der Waals surface area contributed by atoms with Crippen molar-refractivity contribution in [3.8, 4) is 5.75 Å². The number of phenolic OH excluding ortho intramolecular Hbond substituents is 1. The molecular formula is C71H94Cl2FN17O17S2. The Labute approximate surface area is 650 Å². The van der Waals surface area contributed by atoms with Crippen LogP contribution in [-0.2, 0) is 86.4 Å². The smallest absolute Gasteiger partial charge is 0.303 e. The van der Waals surface area contributed by atoms with E-state index in [1.807, 2.05) is 0 Å². The summed E-state index contributed by atoms with van der Waals surface area (Å²) in [5.41, 5.74) is 24.1. The number of guanidine groups is 1. The number of nitrogens with zero attached hydrogens (tertiary/aromatic N) is 2. The zero-order valence-corrected chi connectivity index (χ0v) is 63.2. The summed E-state index contributed by atoms with van der Waals surface area (Å²) in [7, 11) is 1.67. The summed E-state index contributed by atoms with van der Waals surface area (Å²) in [6.45, 7) is -1.02. The molecule has 0 unspecified atom stereocenters. The number of halogens is 3. The van der Waals surface area contributed by atoms with Crippen LogP contribution in [-0.4, -0.2) is 212 Å². The highest BCUT2D eigenvalue weighted by Crippen LogP contribution is 2.31. The molecule has 1 aromatic heterocycles. The number of H-pyrrole nitrogens is 1. The molecule has 39 heteroatoms. The molecule has 2 saturated carbocycles. The minimum atomic E-state index is -1.83. The second-order valence-corrected chi connectivity index (χ2v) is 30.3. The molecule has 3 fully saturated rings. The summed E-state index contributed by atoms with van der Waals surface area (Å²) >= 11 is 13.2. The van der Waals surface area contributed by atoms with E-state index < -0.39 is 206 Å². The van der Waals surface area contributed by atoms with Crippen LogP contribution in [0.25, 0.3) is 10.9 Å². The van der Waals surface area contributed by atoms with E-state index in [1.54, 1.807) is 0 Å². The minimum Gasteiger partial charge on any atom is -0.508 e. The van der Waals surface area contributed by atoms with E-state index in [9.17, 15) is 67.7 Å². The Bertz CT molecular complexity index is 4000. The van der Waals surface area contributed by atoms with Crippen LogP contribution in [0.1, 0.15) is 119 Å². The molecule has 2 heterocycles. The number of nitrogens with one attached hydrogen (secondary N) is 11. The first-order chi connectivity index (χ1) is 52.5. The molecule has 0 radical (unpaired) electrons. The maximum Gasteiger partial charge on any atom is 0.303 e. The third kappa shape index (κ3) is 27.5. The number of aromatic nitrogens is 1. The highest BCUT2D eigenvalue weighted by molar-refractivity contribution is 8.76. The summed E-state index contributed by atoms with van der Waals surface area (Å²) in [6, 6.07) is -1.17. The lowest BCUT2D eigenvalue weighted by atomic mass is 9.95. The minimum absolute atomic E-state index is 0.00133. The fourth-order valence-corrected chi connectivity index (χ4v) is 15.7. The van der Waals surface area contributed by atoms with Crippen LogP contribution in [0.3, 0.4) is 0 Å². The average Bonchev–Trinajstić information content (AvgIpc) is 1.69. The fraction of sp³-hybridized carbons (Fsp3) is 0.507. The predicted octanol–water partition coefficient (Wildman–Crippen LogP) is 0.190. The number of hydrogen-bond acceptors (Lipinski definition) is 19. The van der Waals surface area contributed by atoms with Crippen LogP contribution in [0, 0.1) is 11.7 Å². The van der Waals surface area contributed by atoms with Gasteiger partial charge in [0.1, 0.15) is 65.9 Å². The number of aromatic amines is 1. The number of amides is 12. The molecule has 110 heavy (non-hydrogen) atoms. The molecule has 22 N–H and O–H groups in total. The quantitative estimate of drug-likeness (QED) is 0.0173. The monoisotopic (exact) mass is 1610 g/mol. The molecule has 0 bridgehead atoms. The standard InChI is InChI=1S/C71H94Cl2FN17O17S2/c72-45-12-5-9-39(60(45)73)30-51-67(105)84-47(13-6-27-80-71(77)78)63(101)79-28-25-55(93)82-48(20-22-58(96)97)64(102)86-52(31-40-33-81-46-19-16-41(74)32-44(40)46)68(106)85-49(21-23-59(98)99)65(103)88-53(62(76)100)35-109-110-36-54(69(107)90-61(70(108)87-51)38-7-1-2-8-38)89-66(104)50(29-37-14-17-43(92)18-15-37)83-56(94)34-91(57(95)24-26-75)42-10-3-4-11-42/h5,9,12,14-19,32-33,38,42,47-54,61,81,92H,1-4,6-8,10-11,13,20-31,34-36,75H2,(H2,76,100)(H,79,101)(H,82,93)(H,83,94)(H,84,105)(H,85,106)(H,86,102)(H,87,108)(H,88,103)(H,89,104)(H,90,107)(H,96,97)(H,98,99)(H4,77,78,80)/t47-,48-,49-,50-,51-,52-,53-,54-,61-/m0/s1. The van der Waals surface area contributed by atoms with E-state index in [1.165, 1.54) is 59.6 Å². The Morgan fingerprint density at radius 1 is 0.664 bits per heavy atom. The number of aromatic hydroxyl groups is 1. The normalized spacial score (nSPS) is 21.9. The van der Waals surface area contributed by atoms with Gasteiger partial charge in [0, 0.05) is 99.2 Å². The predicted molar refractivity (Wildman–Crippen MR) is 406 cm³/mol. The van der Waals surface area contributed by atoms with Crippen molar-refractivity contribution in [3.05, 3.63) is 99.4 Å². The van der Waals surface area contributed by atoms with Gasteiger partial charge in [-0.3, -0.25) is 72.1 Å². The van der Waals surface area contributed by atoms with E-state index in [0.717, 1.165) is 46.6 Å². The SMILES string of the molecule is NCCC(=O)N(CC(=O)N[C@@H](Cc1ccc(O)cc1)C(=O)N[C@H]1CSSC[C@@H](C(N)=O)NC(=O)[C@H](CCC(=O)O)NC(=O)[C@H](Cc2c[nH]c3ccc(F)cc23)NC(=O)[C@H](CCC(=O)O)NC(=O)CCNC(=O)[C@H](CCCN=C(N)N)NC(=O)[C@H](Cc2cccc(Cl)c2Cl)NC(=O)[C@H](C2CCCC2)NC1=O)C1CCCC1. The Morgan fingerprint density at radius 2 is 1.25 bits per heavy atom. The first kappa shape index (κ1) is 87.2. The highest BCUT2D eigenvalue weighted by atomic mass is 35.5. The number of fused-ring (bicyclic) bond motifs is 1. The number of carbonyl (C=O) groups excluding carboxylic acids is 12. The zero-order valence-electron chi connectivity index (χ0n) is 60.1. The molecule has 3 aliphatic rings. The summed E-state index contributed by atoms with van der Waals surface area (Å²) < 4.78 is 14.8. The molecule has 2 aliphatic carbocycles. The Hall–Kier alpha value is -9.98. The summed E-state index contributed by atoms with van der Waals surface area (Å²) in [4.78, 5) is 206. The lowest BCUT2D eigenvalue weighted by Gasteiger charge is -2.30. The largest absolute Gasteiger partial charge is 0.508 e. The van der Waals surface area contributed by atoms with Gasteiger partial charge < -0.3 is 101 Å². The molecule has 1 aliphatic heterocycles. The molecule has 598 valence electrons. The maximum atomic E-state index is 15.4. The van der Waals surface area contributed by atoms with E-state index in [4.69, 9.17) is 46.1 Å². The van der Waals surface area contributed by atoms with Crippen LogP contribution in [0.5, 0.6) is 5.75 Å². The summed E-state index contributed by atoms with van der Waals surface area (Å²) in [5.74, 6) is -16.9. The van der Waals surface area contributed by atoms with Crippen molar-refractivity contribution in [3.63, 3.8) is 0 Å². The van der Waals surface area contributed by atoms with Gasteiger partial charge in [0.05, 0.1) is 16.6 Å². The second-order valence-electron chi connectivity index (χ2n) is 27.0. The van der Waals surface area contributed by atoms with Gasteiger partial charge in [0.25, 0.3) is 0 Å². The van der Waals surface area contributed by atoms with Gasteiger partial charge in [-0.25, -0.2) is 4.39 Å². The number of primary amides is 1. The van der Waals surface area contributed by atoms with Gasteiger partial charge in [0.2, 0.25) is 70.9 Å².